The van der Waals surface area contributed by atoms with Gasteiger partial charge in [-0.05, 0) is 65.9 Å². The Morgan fingerprint density at radius 2 is 0.963 bits per heavy atom. The molecule has 0 saturated heterocycles. The molecule has 0 heterocycles. The molecule has 2 amide bonds. The minimum atomic E-state index is -5.02. The van der Waals surface area contributed by atoms with Crippen molar-refractivity contribution in [3.8, 4) is 6.07 Å². The molecule has 2 N–H and O–H groups in total. The molecule has 1 aromatic rings. The standard InChI is InChI=1S/C30H51F6N4O8P.C24H33N3O4/c1-23(2)40(24(3)4)49(47-18-8-12-37)48-22-28(19-44-15-7-6-11-25(5)41,20-45-16-9-13-38-26(42)29(31,32)33)21-46-17-10-14-39-27(43)30(34,35)36;1-25-12-7-15-28-19-24(20-29-16-8-13-26-2,21-30-17-9-14-27-3)22-31-18-23-10-5-4-6-11-23/h23-24H,6-11,13-22H2,1-5H3,(H,38,42)(H,39,43);4-6,10-11H,7-9,12-22H2. The second-order valence-electron chi connectivity index (χ2n) is 19.2. The first kappa shape index (κ1) is 75.4. The smallest absolute Gasteiger partial charge is 0.381 e. The van der Waals surface area contributed by atoms with Gasteiger partial charge in [-0.1, -0.05) is 30.3 Å². The summed E-state index contributed by atoms with van der Waals surface area (Å²) < 4.78 is 131. The number of ether oxygens (including phenoxy) is 7. The maximum atomic E-state index is 12.5. The maximum absolute atomic E-state index is 12.5. The number of Topliss-reactive ketones (excluding diaryl/α,β-unsaturated/α-hetero) is 1. The van der Waals surface area contributed by atoms with Gasteiger partial charge in [0.2, 0.25) is 19.6 Å². The van der Waals surface area contributed by atoms with Crippen LogP contribution in [0.1, 0.15) is 98.0 Å². The summed E-state index contributed by atoms with van der Waals surface area (Å²) >= 11 is 0. The van der Waals surface area contributed by atoms with Crippen LogP contribution in [0.15, 0.2) is 30.3 Å². The van der Waals surface area contributed by atoms with Crippen molar-refractivity contribution in [1.82, 2.24) is 15.3 Å². The summed E-state index contributed by atoms with van der Waals surface area (Å²) in [5.74, 6) is -4.11. The fourth-order valence-electron chi connectivity index (χ4n) is 6.97. The fraction of sp³-hybridized carbons (Fsp3) is 0.759. The predicted molar refractivity (Wildman–Crippen MR) is 287 cm³/mol. The molecule has 0 spiro atoms. The van der Waals surface area contributed by atoms with Crippen LogP contribution in [0, 0.1) is 41.9 Å². The average Bonchev–Trinajstić information content (AvgIpc) is 3.40. The highest BCUT2D eigenvalue weighted by molar-refractivity contribution is 7.44. The first-order chi connectivity index (χ1) is 38.1. The number of hydrogen-bond acceptors (Lipinski definition) is 14. The molecule has 0 aliphatic heterocycles. The van der Waals surface area contributed by atoms with Gasteiger partial charge in [0.1, 0.15) is 5.78 Å². The summed E-state index contributed by atoms with van der Waals surface area (Å²) in [5, 5.41) is 12.6. The van der Waals surface area contributed by atoms with Gasteiger partial charge < -0.3 is 72.2 Å². The van der Waals surface area contributed by atoms with E-state index in [9.17, 15) is 40.7 Å². The number of carbonyl (C=O) groups is 3. The van der Waals surface area contributed by atoms with Crippen LogP contribution in [-0.2, 0) is 63.2 Å². The van der Waals surface area contributed by atoms with Crippen LogP contribution >= 0.6 is 8.53 Å². The molecule has 1 unspecified atom stereocenters. The lowest BCUT2D eigenvalue weighted by molar-refractivity contribution is -0.173. The van der Waals surface area contributed by atoms with Crippen molar-refractivity contribution in [2.75, 3.05) is 132 Å². The molecule has 0 bridgehead atoms. The molecule has 1 atom stereocenters. The lowest BCUT2D eigenvalue weighted by atomic mass is 9.92. The number of carbonyl (C=O) groups excluding carboxylic acids is 3. The van der Waals surface area contributed by atoms with Gasteiger partial charge >= 0.3 is 24.2 Å². The fourth-order valence-corrected chi connectivity index (χ4v) is 8.69. The zero-order valence-electron chi connectivity index (χ0n) is 47.1. The highest BCUT2D eigenvalue weighted by Gasteiger charge is 2.40. The van der Waals surface area contributed by atoms with Gasteiger partial charge in [0.05, 0.1) is 109 Å². The molecule has 26 heteroatoms. The monoisotopic (exact) mass is 1170 g/mol. The SMILES string of the molecule is CC(=O)CCCCOCC(COCCCNC(=O)C(F)(F)F)(COCCCNC(=O)C(F)(F)F)COP(OCCC#N)N(C(C)C)C(C)C.[C-]#[N+]CCCOCC(COCCC[N+]#[C-])(COCCC[N+]#[C-])COCc1ccccc1. The largest absolute Gasteiger partial charge is 0.471 e. The van der Waals surface area contributed by atoms with E-state index in [0.29, 0.717) is 111 Å². The van der Waals surface area contributed by atoms with E-state index in [4.69, 9.17) is 67.2 Å². The summed E-state index contributed by atoms with van der Waals surface area (Å²) in [4.78, 5) is 43.6. The first-order valence-corrected chi connectivity index (χ1v) is 27.7. The molecular formula is C54H84F6N7O12P. The van der Waals surface area contributed by atoms with Gasteiger partial charge in [-0.2, -0.15) is 31.6 Å². The molecule has 1 aromatic carbocycles. The number of ketones is 1. The number of alkyl halides is 6. The maximum Gasteiger partial charge on any atom is 0.471 e. The number of benzene rings is 1. The lowest BCUT2D eigenvalue weighted by Crippen LogP contribution is -2.43. The molecule has 1 rings (SSSR count). The number of nitrogens with zero attached hydrogens (tertiary/aromatic N) is 5. The molecule has 0 aliphatic carbocycles. The normalized spacial score (nSPS) is 12.3. The highest BCUT2D eigenvalue weighted by Crippen LogP contribution is 2.47. The highest BCUT2D eigenvalue weighted by atomic mass is 31.2. The Morgan fingerprint density at radius 1 is 0.575 bits per heavy atom. The molecule has 80 heavy (non-hydrogen) atoms. The van der Waals surface area contributed by atoms with Crippen molar-refractivity contribution >= 4 is 26.1 Å². The summed E-state index contributed by atoms with van der Waals surface area (Å²) in [7, 11) is -1.73. The van der Waals surface area contributed by atoms with Crippen molar-refractivity contribution in [3.63, 3.8) is 0 Å². The zero-order valence-corrected chi connectivity index (χ0v) is 48.0. The molecular weight excluding hydrogens is 1080 g/mol. The minimum Gasteiger partial charge on any atom is -0.381 e. The number of hydrogen-bond donors (Lipinski definition) is 2. The summed E-state index contributed by atoms with van der Waals surface area (Å²) in [6.07, 6.45) is -6.25. The van der Waals surface area contributed by atoms with Gasteiger partial charge in [-0.15, -0.1) is 0 Å². The van der Waals surface area contributed by atoms with E-state index in [1.165, 1.54) is 6.92 Å². The third-order valence-electron chi connectivity index (χ3n) is 10.9. The third kappa shape index (κ3) is 38.9. The van der Waals surface area contributed by atoms with Gasteiger partial charge in [-0.3, -0.25) is 9.59 Å². The second-order valence-corrected chi connectivity index (χ2v) is 20.6. The van der Waals surface area contributed by atoms with Crippen LogP contribution in [0.5, 0.6) is 0 Å². The number of nitrogens with one attached hydrogen (secondary N) is 2. The van der Waals surface area contributed by atoms with Crippen LogP contribution in [0.2, 0.25) is 0 Å². The number of amides is 2. The van der Waals surface area contributed by atoms with Gasteiger partial charge in [0.15, 0.2) is 0 Å². The quantitative estimate of drug-likeness (QED) is 0.0271. The Kier molecular flexibility index (Phi) is 43.3. The molecule has 0 saturated carbocycles. The zero-order chi connectivity index (χ0) is 60.0. The Labute approximate surface area is 470 Å². The van der Waals surface area contributed by atoms with E-state index in [-0.39, 0.29) is 103 Å². The molecule has 0 aromatic heterocycles. The van der Waals surface area contributed by atoms with E-state index < -0.39 is 43.5 Å². The summed E-state index contributed by atoms with van der Waals surface area (Å²) in [6, 6.07) is 11.9. The minimum absolute atomic E-state index is 0.00653. The van der Waals surface area contributed by atoms with Crippen molar-refractivity contribution in [1.29, 1.82) is 5.26 Å². The third-order valence-corrected chi connectivity index (χ3v) is 12.9. The van der Waals surface area contributed by atoms with Crippen LogP contribution in [0.25, 0.3) is 14.5 Å². The van der Waals surface area contributed by atoms with Crippen molar-refractivity contribution in [3.05, 3.63) is 70.1 Å². The molecule has 19 nitrogen and oxygen atoms in total. The number of unbranched alkanes of at least 4 members (excludes halogenated alkanes) is 1. The molecule has 0 aliphatic rings. The Balaban J connectivity index is 0.00000172. The Morgan fingerprint density at radius 3 is 1.34 bits per heavy atom. The molecule has 0 fully saturated rings. The number of rotatable bonds is 47. The van der Waals surface area contributed by atoms with Gasteiger partial charge in [0.25, 0.3) is 8.53 Å². The van der Waals surface area contributed by atoms with Crippen molar-refractivity contribution in [2.45, 2.75) is 123 Å². The van der Waals surface area contributed by atoms with Crippen molar-refractivity contribution < 1.29 is 82.9 Å². The van der Waals surface area contributed by atoms with Gasteiger partial charge in [-0.25, -0.2) is 24.4 Å². The number of nitriles is 1. The topological polar surface area (TPSA) is 198 Å². The van der Waals surface area contributed by atoms with Crippen LogP contribution < -0.4 is 10.6 Å². The Hall–Kier alpha value is -4.60. The van der Waals surface area contributed by atoms with E-state index in [2.05, 4.69) is 14.5 Å². The predicted octanol–water partition coefficient (Wildman–Crippen LogP) is 9.38. The van der Waals surface area contributed by atoms with Crippen LogP contribution in [0.4, 0.5) is 26.3 Å². The van der Waals surface area contributed by atoms with Crippen LogP contribution in [-0.4, -0.2) is 179 Å². The van der Waals surface area contributed by atoms with Crippen molar-refractivity contribution in [2.24, 2.45) is 10.8 Å². The van der Waals surface area contributed by atoms with E-state index >= 15 is 0 Å². The molecule has 0 radical (unpaired) electrons. The van der Waals surface area contributed by atoms with Gasteiger partial charge in [0, 0.05) is 70.7 Å². The summed E-state index contributed by atoms with van der Waals surface area (Å²) in [5.41, 5.74) is -0.474. The van der Waals surface area contributed by atoms with Crippen LogP contribution in [0.3, 0.4) is 0 Å². The first-order valence-electron chi connectivity index (χ1n) is 26.6. The van der Waals surface area contributed by atoms with E-state index in [0.717, 1.165) is 5.56 Å². The van der Waals surface area contributed by atoms with E-state index in [1.54, 1.807) is 10.6 Å². The summed E-state index contributed by atoms with van der Waals surface area (Å²) in [6.45, 7) is 34.2. The number of halogens is 6. The second kappa shape index (κ2) is 45.9. The lowest BCUT2D eigenvalue weighted by Gasteiger charge is -2.39. The molecule has 454 valence electrons. The average molecular weight is 1170 g/mol. The Bertz CT molecular complexity index is 1860. The van der Waals surface area contributed by atoms with E-state index in [1.807, 2.05) is 68.8 Å².